The average Bonchev–Trinajstić information content (AvgIpc) is 3.08. The van der Waals surface area contributed by atoms with Gasteiger partial charge in [0.15, 0.2) is 0 Å². The summed E-state index contributed by atoms with van der Waals surface area (Å²) < 4.78 is 33.5. The molecule has 0 unspecified atom stereocenters. The first-order valence-corrected chi connectivity index (χ1v) is 11.9. The van der Waals surface area contributed by atoms with E-state index >= 15 is 0 Å². The van der Waals surface area contributed by atoms with Crippen LogP contribution in [-0.4, -0.2) is 48.9 Å². The molecule has 1 saturated heterocycles. The molecule has 2 aromatic rings. The molecule has 0 amide bonds. The second kappa shape index (κ2) is 7.31. The van der Waals surface area contributed by atoms with Crippen molar-refractivity contribution >= 4 is 22.1 Å². The Morgan fingerprint density at radius 3 is 2.52 bits per heavy atom. The van der Waals surface area contributed by atoms with Crippen LogP contribution in [0.4, 0.5) is 0 Å². The number of hydrogen-bond donors (Lipinski definition) is 1. The summed E-state index contributed by atoms with van der Waals surface area (Å²) in [6.07, 6.45) is 2.72. The Morgan fingerprint density at radius 1 is 1.23 bits per heavy atom. The molecular weight excluding hydrogens is 414 g/mol. The zero-order valence-electron chi connectivity index (χ0n) is 18.7. The van der Waals surface area contributed by atoms with Crippen LogP contribution in [0.3, 0.4) is 0 Å². The zero-order valence-corrected chi connectivity index (χ0v) is 19.5. The van der Waals surface area contributed by atoms with Gasteiger partial charge in [-0.15, -0.1) is 0 Å². The van der Waals surface area contributed by atoms with Gasteiger partial charge in [0.1, 0.15) is 11.2 Å². The lowest BCUT2D eigenvalue weighted by Gasteiger charge is -2.43. The largest absolute Gasteiger partial charge is 0.468 e. The monoisotopic (exact) mass is 443 g/mol. The maximum Gasteiger partial charge on any atom is 0.317 e. The number of aromatic amines is 1. The number of rotatable bonds is 3. The van der Waals surface area contributed by atoms with Gasteiger partial charge in [0.05, 0.1) is 17.7 Å². The van der Waals surface area contributed by atoms with Crippen LogP contribution in [0.5, 0.6) is 0 Å². The zero-order chi connectivity index (χ0) is 22.6. The molecule has 31 heavy (non-hydrogen) atoms. The molecule has 7 nitrogen and oxygen atoms in total. The van der Waals surface area contributed by atoms with Gasteiger partial charge >= 0.3 is 5.97 Å². The molecule has 166 valence electrons. The van der Waals surface area contributed by atoms with E-state index in [1.807, 2.05) is 25.1 Å². The molecule has 0 saturated carbocycles. The second-order valence-corrected chi connectivity index (χ2v) is 11.4. The van der Waals surface area contributed by atoms with Crippen LogP contribution < -0.4 is 0 Å². The Morgan fingerprint density at radius 2 is 1.90 bits per heavy atom. The van der Waals surface area contributed by atoms with E-state index in [-0.39, 0.29) is 16.9 Å². The predicted octanol–water partition coefficient (Wildman–Crippen LogP) is 3.21. The number of aryl methyl sites for hydroxylation is 1. The second-order valence-electron chi connectivity index (χ2n) is 9.47. The van der Waals surface area contributed by atoms with Gasteiger partial charge < -0.3 is 9.72 Å². The molecule has 1 atom stereocenters. The highest BCUT2D eigenvalue weighted by Gasteiger charge is 2.51. The SMILES string of the molecule is COC(=O)[C@]12Cc3[nH]c(C)nc3C=C1CCN(S(=O)(=O)c1ccc(C(C)(C)C)cc1)C2. The topological polar surface area (TPSA) is 92.4 Å². The summed E-state index contributed by atoms with van der Waals surface area (Å²) in [6.45, 7) is 8.49. The van der Waals surface area contributed by atoms with Crippen molar-refractivity contribution in [1.29, 1.82) is 0 Å². The Bertz CT molecular complexity index is 1160. The van der Waals surface area contributed by atoms with Gasteiger partial charge in [-0.05, 0) is 48.1 Å². The average molecular weight is 444 g/mol. The molecule has 0 radical (unpaired) electrons. The van der Waals surface area contributed by atoms with E-state index in [4.69, 9.17) is 4.74 Å². The number of hydrogen-bond acceptors (Lipinski definition) is 5. The van der Waals surface area contributed by atoms with E-state index in [9.17, 15) is 13.2 Å². The lowest BCUT2D eigenvalue weighted by Crippen LogP contribution is -2.53. The van der Waals surface area contributed by atoms with Crippen molar-refractivity contribution < 1.29 is 17.9 Å². The minimum atomic E-state index is -3.75. The maximum absolute atomic E-state index is 13.5. The van der Waals surface area contributed by atoms with Gasteiger partial charge in [0, 0.05) is 25.2 Å². The first kappa shape index (κ1) is 21.8. The minimum absolute atomic E-state index is 0.0480. The Hall–Kier alpha value is -2.45. The molecule has 1 aliphatic heterocycles. The van der Waals surface area contributed by atoms with Gasteiger partial charge in [-0.1, -0.05) is 32.9 Å². The van der Waals surface area contributed by atoms with Gasteiger partial charge in [-0.2, -0.15) is 4.31 Å². The highest BCUT2D eigenvalue weighted by molar-refractivity contribution is 7.89. The molecule has 1 aromatic carbocycles. The number of piperidine rings is 1. The Kier molecular flexibility index (Phi) is 5.13. The summed E-state index contributed by atoms with van der Waals surface area (Å²) in [5.41, 5.74) is 2.49. The molecule has 1 aromatic heterocycles. The smallest absolute Gasteiger partial charge is 0.317 e. The Balaban J connectivity index is 1.70. The van der Waals surface area contributed by atoms with Gasteiger partial charge in [-0.25, -0.2) is 13.4 Å². The van der Waals surface area contributed by atoms with Gasteiger partial charge in [0.25, 0.3) is 0 Å². The molecule has 1 N–H and O–H groups in total. The summed E-state index contributed by atoms with van der Waals surface area (Å²) in [4.78, 5) is 20.9. The number of aromatic nitrogens is 2. The Labute approximate surface area is 183 Å². The number of esters is 1. The van der Waals surface area contributed by atoms with Crippen molar-refractivity contribution in [3.8, 4) is 0 Å². The molecule has 2 aliphatic rings. The van der Waals surface area contributed by atoms with Crippen molar-refractivity contribution in [2.45, 2.75) is 50.8 Å². The van der Waals surface area contributed by atoms with Crippen molar-refractivity contribution in [3.05, 3.63) is 52.6 Å². The number of ether oxygens (including phenoxy) is 1. The van der Waals surface area contributed by atoms with Gasteiger partial charge in [0.2, 0.25) is 10.0 Å². The molecule has 4 rings (SSSR count). The fraction of sp³-hybridized carbons (Fsp3) is 0.478. The lowest BCUT2D eigenvalue weighted by atomic mass is 9.69. The summed E-state index contributed by atoms with van der Waals surface area (Å²) in [5.74, 6) is 0.351. The minimum Gasteiger partial charge on any atom is -0.468 e. The van der Waals surface area contributed by atoms with Crippen LogP contribution in [-0.2, 0) is 31.4 Å². The fourth-order valence-corrected chi connectivity index (χ4v) is 6.07. The van der Waals surface area contributed by atoms with E-state index < -0.39 is 21.4 Å². The third-order valence-electron chi connectivity index (χ3n) is 6.34. The normalized spacial score (nSPS) is 21.8. The standard InChI is InChI=1S/C23H29N3O4S/c1-15-24-19-12-17-10-11-26(14-23(17,21(27)30-5)13-20(19)25-15)31(28,29)18-8-6-16(7-9-18)22(2,3)4/h6-9,12H,10-11,13-14H2,1-5H3,(H,24,25)/t23-/m0/s1. The highest BCUT2D eigenvalue weighted by Crippen LogP contribution is 2.45. The molecule has 8 heteroatoms. The van der Waals surface area contributed by atoms with Crippen molar-refractivity contribution in [2.75, 3.05) is 20.2 Å². The number of sulfonamides is 1. The number of imidazole rings is 1. The van der Waals surface area contributed by atoms with Crippen molar-refractivity contribution in [2.24, 2.45) is 5.41 Å². The summed E-state index contributed by atoms with van der Waals surface area (Å²) in [5, 5.41) is 0. The molecule has 1 fully saturated rings. The number of carbonyl (C=O) groups excluding carboxylic acids is 1. The number of nitrogens with zero attached hydrogens (tertiary/aromatic N) is 2. The maximum atomic E-state index is 13.5. The quantitative estimate of drug-likeness (QED) is 0.736. The summed E-state index contributed by atoms with van der Waals surface area (Å²) >= 11 is 0. The molecule has 2 heterocycles. The summed E-state index contributed by atoms with van der Waals surface area (Å²) in [6, 6.07) is 7.03. The number of nitrogens with one attached hydrogen (secondary N) is 1. The van der Waals surface area contributed by atoms with Crippen LogP contribution in [0.2, 0.25) is 0 Å². The van der Waals surface area contributed by atoms with E-state index in [1.165, 1.54) is 11.4 Å². The number of methoxy groups -OCH3 is 1. The first-order valence-electron chi connectivity index (χ1n) is 10.4. The van der Waals surface area contributed by atoms with E-state index in [0.717, 1.165) is 28.3 Å². The third-order valence-corrected chi connectivity index (χ3v) is 8.20. The van der Waals surface area contributed by atoms with Crippen LogP contribution >= 0.6 is 0 Å². The third kappa shape index (κ3) is 3.61. The molecular formula is C23H29N3O4S. The number of fused-ring (bicyclic) bond motifs is 2. The first-order chi connectivity index (χ1) is 14.5. The van der Waals surface area contributed by atoms with E-state index in [1.54, 1.807) is 12.1 Å². The molecule has 0 spiro atoms. The van der Waals surface area contributed by atoms with Crippen LogP contribution in [0, 0.1) is 12.3 Å². The number of benzene rings is 1. The highest BCUT2D eigenvalue weighted by atomic mass is 32.2. The molecule has 0 bridgehead atoms. The summed E-state index contributed by atoms with van der Waals surface area (Å²) in [7, 11) is -2.41. The number of carbonyl (C=O) groups is 1. The van der Waals surface area contributed by atoms with Gasteiger partial charge in [-0.3, -0.25) is 4.79 Å². The van der Waals surface area contributed by atoms with Crippen LogP contribution in [0.25, 0.3) is 6.08 Å². The van der Waals surface area contributed by atoms with E-state index in [0.29, 0.717) is 19.4 Å². The molecule has 1 aliphatic carbocycles. The number of H-pyrrole nitrogens is 1. The fourth-order valence-electron chi connectivity index (χ4n) is 4.57. The lowest BCUT2D eigenvalue weighted by molar-refractivity contribution is -0.151. The predicted molar refractivity (Wildman–Crippen MR) is 118 cm³/mol. The van der Waals surface area contributed by atoms with Crippen molar-refractivity contribution in [3.63, 3.8) is 0 Å². The van der Waals surface area contributed by atoms with Crippen molar-refractivity contribution in [1.82, 2.24) is 14.3 Å². The van der Waals surface area contributed by atoms with Crippen LogP contribution in [0.15, 0.2) is 34.7 Å². The van der Waals surface area contributed by atoms with E-state index in [2.05, 4.69) is 30.7 Å². The van der Waals surface area contributed by atoms with Crippen LogP contribution in [0.1, 0.15) is 50.0 Å².